The highest BCUT2D eigenvalue weighted by molar-refractivity contribution is 7.90. The number of rotatable bonds is 6. The Hall–Kier alpha value is -3.83. The van der Waals surface area contributed by atoms with Gasteiger partial charge in [0.25, 0.3) is 5.89 Å². The topological polar surface area (TPSA) is 157 Å². The smallest absolute Gasteiger partial charge is 0.253 e. The van der Waals surface area contributed by atoms with Crippen molar-refractivity contribution in [3.05, 3.63) is 71.7 Å². The Labute approximate surface area is 197 Å². The van der Waals surface area contributed by atoms with Crippen LogP contribution >= 0.6 is 0 Å². The summed E-state index contributed by atoms with van der Waals surface area (Å²) in [6.45, 7) is 3.63. The summed E-state index contributed by atoms with van der Waals surface area (Å²) in [7, 11) is -3.27. The van der Waals surface area contributed by atoms with Crippen LogP contribution in [-0.4, -0.2) is 46.6 Å². The van der Waals surface area contributed by atoms with Gasteiger partial charge in [0.2, 0.25) is 11.8 Å². The first-order valence-corrected chi connectivity index (χ1v) is 12.2. The first-order chi connectivity index (χ1) is 16.2. The van der Waals surface area contributed by atoms with E-state index >= 15 is 0 Å². The van der Waals surface area contributed by atoms with Crippen molar-refractivity contribution in [2.45, 2.75) is 25.2 Å². The molecule has 0 fully saturated rings. The maximum Gasteiger partial charge on any atom is 0.253 e. The first-order valence-electron chi connectivity index (χ1n) is 10.3. The fourth-order valence-electron chi connectivity index (χ4n) is 3.07. The molecule has 0 aliphatic carbocycles. The number of nitrogens with zero attached hydrogens (tertiary/aromatic N) is 4. The van der Waals surface area contributed by atoms with Gasteiger partial charge in [-0.25, -0.2) is 13.4 Å². The zero-order chi connectivity index (χ0) is 24.7. The van der Waals surface area contributed by atoms with E-state index in [2.05, 4.69) is 25.5 Å². The molecule has 4 rings (SSSR count). The Kier molecular flexibility index (Phi) is 7.92. The molecular formula is C23H26N6O4S. The molecule has 0 radical (unpaired) electrons. The standard InChI is InChI=1S/C15H16N6O3S.C8H10O/c1-8-6-10(4-5-12(8)25(3,22)23)18-15-17-7-11(13(16)19-15)14-21-20-9(2)24-14;9-7-6-8-4-2-1-3-5-8/h4-7H,1-3H3,(H3,16,17,18,19);1-5,9H,6-7H2. The van der Waals surface area contributed by atoms with E-state index in [0.29, 0.717) is 22.7 Å². The Morgan fingerprint density at radius 3 is 2.38 bits per heavy atom. The summed E-state index contributed by atoms with van der Waals surface area (Å²) in [5, 5.41) is 19.1. The molecular weight excluding hydrogens is 456 g/mol. The van der Waals surface area contributed by atoms with Crippen molar-refractivity contribution < 1.29 is 17.9 Å². The fraction of sp³-hybridized carbons (Fsp3) is 0.217. The Morgan fingerprint density at radius 1 is 1.09 bits per heavy atom. The second-order valence-corrected chi connectivity index (χ2v) is 9.44. The lowest BCUT2D eigenvalue weighted by Crippen LogP contribution is -2.04. The number of benzene rings is 2. The van der Waals surface area contributed by atoms with Crippen molar-refractivity contribution in [2.24, 2.45) is 0 Å². The van der Waals surface area contributed by atoms with Crippen molar-refractivity contribution in [3.63, 3.8) is 0 Å². The van der Waals surface area contributed by atoms with E-state index in [1.54, 1.807) is 26.0 Å². The number of aryl methyl sites for hydroxylation is 2. The van der Waals surface area contributed by atoms with Crippen LogP contribution in [0.1, 0.15) is 17.0 Å². The molecule has 0 atom stereocenters. The summed E-state index contributed by atoms with van der Waals surface area (Å²) in [5.74, 6) is 1.11. The van der Waals surface area contributed by atoms with Crippen molar-refractivity contribution in [2.75, 3.05) is 23.9 Å². The summed E-state index contributed by atoms with van der Waals surface area (Å²) >= 11 is 0. The monoisotopic (exact) mass is 482 g/mol. The number of aromatic nitrogens is 4. The van der Waals surface area contributed by atoms with E-state index < -0.39 is 9.84 Å². The fourth-order valence-corrected chi connectivity index (χ4v) is 4.03. The average molecular weight is 483 g/mol. The van der Waals surface area contributed by atoms with Crippen molar-refractivity contribution in [1.82, 2.24) is 20.2 Å². The van der Waals surface area contributed by atoms with Gasteiger partial charge in [0.05, 0.1) is 10.5 Å². The number of nitrogen functional groups attached to an aromatic ring is 1. The van der Waals surface area contributed by atoms with E-state index in [1.807, 2.05) is 30.3 Å². The highest BCUT2D eigenvalue weighted by atomic mass is 32.2. The van der Waals surface area contributed by atoms with Crippen LogP contribution in [0.4, 0.5) is 17.5 Å². The van der Waals surface area contributed by atoms with Gasteiger partial charge in [0.15, 0.2) is 9.84 Å². The summed E-state index contributed by atoms with van der Waals surface area (Å²) < 4.78 is 28.6. The van der Waals surface area contributed by atoms with Gasteiger partial charge in [-0.3, -0.25) is 0 Å². The van der Waals surface area contributed by atoms with Gasteiger partial charge < -0.3 is 20.6 Å². The lowest BCUT2D eigenvalue weighted by atomic mass is 10.2. The van der Waals surface area contributed by atoms with Crippen LogP contribution in [0.25, 0.3) is 11.5 Å². The molecule has 0 bridgehead atoms. The largest absolute Gasteiger partial charge is 0.421 e. The van der Waals surface area contributed by atoms with Gasteiger partial charge >= 0.3 is 0 Å². The molecule has 0 unspecified atom stereocenters. The number of nitrogens with one attached hydrogen (secondary N) is 1. The minimum Gasteiger partial charge on any atom is -0.421 e. The van der Waals surface area contributed by atoms with Gasteiger partial charge in [-0.05, 0) is 42.7 Å². The number of anilines is 3. The minimum atomic E-state index is -3.27. The zero-order valence-corrected chi connectivity index (χ0v) is 19.9. The van der Waals surface area contributed by atoms with Gasteiger partial charge in [-0.1, -0.05) is 30.3 Å². The van der Waals surface area contributed by atoms with Crippen molar-refractivity contribution in [1.29, 1.82) is 0 Å². The normalized spacial score (nSPS) is 10.9. The Bertz CT molecular complexity index is 1360. The molecule has 10 nitrogen and oxygen atoms in total. The lowest BCUT2D eigenvalue weighted by Gasteiger charge is -2.09. The average Bonchev–Trinajstić information content (AvgIpc) is 3.20. The molecule has 2 aromatic carbocycles. The van der Waals surface area contributed by atoms with E-state index in [9.17, 15) is 8.42 Å². The number of hydrogen-bond donors (Lipinski definition) is 3. The molecule has 0 saturated heterocycles. The van der Waals surface area contributed by atoms with Crippen LogP contribution in [0.5, 0.6) is 0 Å². The van der Waals surface area contributed by atoms with E-state index in [0.717, 1.165) is 6.42 Å². The summed E-state index contributed by atoms with van der Waals surface area (Å²) in [6.07, 6.45) is 3.42. The molecule has 0 amide bonds. The Morgan fingerprint density at radius 2 is 1.82 bits per heavy atom. The molecule has 11 heteroatoms. The number of sulfone groups is 1. The molecule has 4 N–H and O–H groups in total. The number of hydrogen-bond acceptors (Lipinski definition) is 10. The minimum absolute atomic E-state index is 0.186. The van der Waals surface area contributed by atoms with Gasteiger partial charge in [-0.15, -0.1) is 10.2 Å². The molecule has 2 heterocycles. The first kappa shape index (κ1) is 24.8. The third kappa shape index (κ3) is 6.59. The van der Waals surface area contributed by atoms with E-state index in [4.69, 9.17) is 15.3 Å². The van der Waals surface area contributed by atoms with E-state index in [1.165, 1.54) is 24.1 Å². The van der Waals surface area contributed by atoms with Crippen LogP contribution in [-0.2, 0) is 16.3 Å². The highest BCUT2D eigenvalue weighted by Gasteiger charge is 2.14. The quantitative estimate of drug-likeness (QED) is 0.373. The maximum absolute atomic E-state index is 11.7. The summed E-state index contributed by atoms with van der Waals surface area (Å²) in [6, 6.07) is 14.8. The van der Waals surface area contributed by atoms with Crippen LogP contribution in [0.2, 0.25) is 0 Å². The van der Waals surface area contributed by atoms with Crippen LogP contribution in [0.3, 0.4) is 0 Å². The van der Waals surface area contributed by atoms with Gasteiger partial charge in [0, 0.05) is 31.7 Å². The van der Waals surface area contributed by atoms with E-state index in [-0.39, 0.29) is 29.2 Å². The van der Waals surface area contributed by atoms with Crippen LogP contribution < -0.4 is 11.1 Å². The molecule has 0 aliphatic heterocycles. The van der Waals surface area contributed by atoms with Crippen LogP contribution in [0, 0.1) is 13.8 Å². The lowest BCUT2D eigenvalue weighted by molar-refractivity contribution is 0.299. The molecule has 34 heavy (non-hydrogen) atoms. The highest BCUT2D eigenvalue weighted by Crippen LogP contribution is 2.25. The molecule has 178 valence electrons. The third-order valence-corrected chi connectivity index (χ3v) is 5.91. The van der Waals surface area contributed by atoms with Gasteiger partial charge in [-0.2, -0.15) is 4.98 Å². The maximum atomic E-state index is 11.7. The molecule has 2 aromatic heterocycles. The number of aliphatic hydroxyl groups excluding tert-OH is 1. The second-order valence-electron chi connectivity index (χ2n) is 7.46. The molecule has 0 aliphatic rings. The third-order valence-electron chi connectivity index (χ3n) is 4.65. The molecule has 0 saturated carbocycles. The van der Waals surface area contributed by atoms with Crippen molar-refractivity contribution >= 4 is 27.3 Å². The summed E-state index contributed by atoms with van der Waals surface area (Å²) in [4.78, 5) is 8.62. The van der Waals surface area contributed by atoms with Gasteiger partial charge in [0.1, 0.15) is 5.82 Å². The van der Waals surface area contributed by atoms with Crippen LogP contribution in [0.15, 0.2) is 64.0 Å². The van der Waals surface area contributed by atoms with Crippen molar-refractivity contribution in [3.8, 4) is 11.5 Å². The number of nitrogens with two attached hydrogens (primary N) is 1. The zero-order valence-electron chi connectivity index (χ0n) is 19.1. The Balaban J connectivity index is 0.000000302. The molecule has 0 spiro atoms. The predicted molar refractivity (Wildman–Crippen MR) is 129 cm³/mol. The number of aliphatic hydroxyl groups is 1. The predicted octanol–water partition coefficient (Wildman–Crippen LogP) is 3.09. The molecule has 4 aromatic rings. The summed E-state index contributed by atoms with van der Waals surface area (Å²) in [5.41, 5.74) is 8.83. The SMILES string of the molecule is Cc1nnc(-c2cnc(Nc3ccc(S(C)(=O)=O)c(C)c3)nc2N)o1.OCCc1ccccc1. The second kappa shape index (κ2) is 10.9.